The molecule has 1 aliphatic rings. The molecule has 86 valence electrons. The smallest absolute Gasteiger partial charge is 0.231 e. The summed E-state index contributed by atoms with van der Waals surface area (Å²) in [6.45, 7) is 3.60. The predicted molar refractivity (Wildman–Crippen MR) is 61.4 cm³/mol. The topological polar surface area (TPSA) is 71.0 Å². The van der Waals surface area contributed by atoms with Gasteiger partial charge in [-0.15, -0.1) is 11.8 Å². The summed E-state index contributed by atoms with van der Waals surface area (Å²) < 4.78 is 31.4. The Morgan fingerprint density at radius 2 is 2.38 bits per heavy atom. The molecule has 0 bridgehead atoms. The van der Waals surface area contributed by atoms with Gasteiger partial charge in [0.15, 0.2) is 11.5 Å². The van der Waals surface area contributed by atoms with Gasteiger partial charge in [-0.25, -0.2) is 0 Å². The molecule has 0 fully saturated rings. The zero-order valence-electron chi connectivity index (χ0n) is 8.17. The van der Waals surface area contributed by atoms with Gasteiger partial charge in [-0.2, -0.15) is 0 Å². The molecule has 0 spiro atoms. The van der Waals surface area contributed by atoms with Crippen LogP contribution in [0.3, 0.4) is 0 Å². The van der Waals surface area contributed by atoms with Gasteiger partial charge in [-0.3, -0.25) is 9.20 Å². The van der Waals surface area contributed by atoms with Gasteiger partial charge in [0.1, 0.15) is 5.69 Å². The van der Waals surface area contributed by atoms with Gasteiger partial charge in [-0.1, -0.05) is 0 Å². The third-order valence-corrected chi connectivity index (χ3v) is 3.83. The van der Waals surface area contributed by atoms with Gasteiger partial charge in [0.2, 0.25) is 6.79 Å². The highest BCUT2D eigenvalue weighted by Gasteiger charge is 2.20. The molecule has 0 saturated heterocycles. The van der Waals surface area contributed by atoms with Crippen molar-refractivity contribution >= 4 is 35.2 Å². The van der Waals surface area contributed by atoms with Crippen LogP contribution in [0.15, 0.2) is 22.0 Å². The van der Waals surface area contributed by atoms with E-state index in [9.17, 15) is 8.76 Å². The molecule has 0 aliphatic carbocycles. The second-order valence-electron chi connectivity index (χ2n) is 2.87. The fourth-order valence-electron chi connectivity index (χ4n) is 1.32. The highest BCUT2D eigenvalue weighted by atomic mass is 32.2. The molecule has 1 atom stereocenters. The van der Waals surface area contributed by atoms with E-state index >= 15 is 0 Å². The molecule has 1 aromatic carbocycles. The van der Waals surface area contributed by atoms with Gasteiger partial charge in [0, 0.05) is 4.90 Å². The average molecular weight is 258 g/mol. The maximum absolute atomic E-state index is 10.5. The number of fused-ring (bicyclic) bond motifs is 1. The minimum atomic E-state index is -2.10. The van der Waals surface area contributed by atoms with Crippen molar-refractivity contribution in [3.8, 4) is 11.5 Å². The predicted octanol–water partition coefficient (Wildman–Crippen LogP) is 1.68. The van der Waals surface area contributed by atoms with Crippen molar-refractivity contribution in [2.45, 2.75) is 4.90 Å². The Balaban J connectivity index is 2.31. The number of nitrogens with zero attached hydrogens (tertiary/aromatic N) is 1. The molecule has 2 rings (SSSR count). The lowest BCUT2D eigenvalue weighted by Crippen LogP contribution is -1.93. The zero-order valence-corrected chi connectivity index (χ0v) is 9.81. The molecule has 0 N–H and O–H groups in total. The maximum Gasteiger partial charge on any atom is 0.231 e. The fourth-order valence-corrected chi connectivity index (χ4v) is 2.67. The van der Waals surface area contributed by atoms with Crippen molar-refractivity contribution in [3.05, 3.63) is 12.1 Å². The lowest BCUT2D eigenvalue weighted by molar-refractivity contribution is 0.174. The Hall–Kier alpha value is -1.05. The number of ether oxygens (including phenoxy) is 2. The average Bonchev–Trinajstić information content (AvgIpc) is 2.73. The first-order valence-electron chi connectivity index (χ1n) is 4.30. The van der Waals surface area contributed by atoms with Crippen molar-refractivity contribution in [3.63, 3.8) is 0 Å². The molecule has 0 radical (unpaired) electrons. The van der Waals surface area contributed by atoms with Crippen molar-refractivity contribution in [2.24, 2.45) is 4.99 Å². The molecule has 0 aromatic heterocycles. The minimum Gasteiger partial charge on any atom is -0.772 e. The molecule has 7 heteroatoms. The lowest BCUT2D eigenvalue weighted by atomic mass is 10.3. The van der Waals surface area contributed by atoms with Crippen LogP contribution in [0.1, 0.15) is 0 Å². The number of hydrogen-bond donors (Lipinski definition) is 0. The summed E-state index contributed by atoms with van der Waals surface area (Å²) in [5, 5.41) is -0.0256. The number of rotatable bonds is 4. The van der Waals surface area contributed by atoms with Crippen LogP contribution < -0.4 is 9.47 Å². The molecule has 16 heavy (non-hydrogen) atoms. The monoisotopic (exact) mass is 258 g/mol. The van der Waals surface area contributed by atoms with Crippen LogP contribution in [0.4, 0.5) is 5.69 Å². The molecular formula is C9H8NO4S2-. The van der Waals surface area contributed by atoms with Gasteiger partial charge in [0.05, 0.1) is 5.08 Å². The first kappa shape index (κ1) is 11.4. The second kappa shape index (κ2) is 4.86. The third kappa shape index (κ3) is 2.21. The van der Waals surface area contributed by atoms with Crippen LogP contribution in [0.2, 0.25) is 0 Å². The van der Waals surface area contributed by atoms with E-state index in [1.165, 1.54) is 0 Å². The molecule has 1 heterocycles. The summed E-state index contributed by atoms with van der Waals surface area (Å²) in [4.78, 5) is 4.55. The van der Waals surface area contributed by atoms with Crippen molar-refractivity contribution in [2.75, 3.05) is 11.9 Å². The van der Waals surface area contributed by atoms with Gasteiger partial charge in [0.25, 0.3) is 0 Å². The Labute approximate surface area is 99.1 Å². The maximum atomic E-state index is 10.5. The molecule has 0 amide bonds. The standard InChI is InChI=1S/C9H9NO4S2/c1-10-8-7(15-5-16(11)12)3-2-6-9(8)14-4-13-6/h2-3H,1,4-5H2,(H,11,12)/p-1. The van der Waals surface area contributed by atoms with E-state index in [1.54, 1.807) is 12.1 Å². The largest absolute Gasteiger partial charge is 0.772 e. The van der Waals surface area contributed by atoms with E-state index in [0.717, 1.165) is 11.8 Å². The molecule has 0 saturated carbocycles. The molecular weight excluding hydrogens is 250 g/mol. The lowest BCUT2D eigenvalue weighted by Gasteiger charge is -2.08. The van der Waals surface area contributed by atoms with Crippen LogP contribution in [-0.2, 0) is 11.1 Å². The van der Waals surface area contributed by atoms with Crippen LogP contribution in [0, 0.1) is 0 Å². The van der Waals surface area contributed by atoms with E-state index < -0.39 is 11.1 Å². The van der Waals surface area contributed by atoms with Gasteiger partial charge >= 0.3 is 0 Å². The van der Waals surface area contributed by atoms with Crippen molar-refractivity contribution < 1.29 is 18.2 Å². The third-order valence-electron chi connectivity index (χ3n) is 1.94. The van der Waals surface area contributed by atoms with Crippen molar-refractivity contribution in [1.29, 1.82) is 0 Å². The van der Waals surface area contributed by atoms with Gasteiger partial charge in [-0.05, 0) is 29.9 Å². The van der Waals surface area contributed by atoms with E-state index in [2.05, 4.69) is 11.7 Å². The number of benzene rings is 1. The molecule has 1 unspecified atom stereocenters. The summed E-state index contributed by atoms with van der Waals surface area (Å²) in [7, 11) is 0. The zero-order chi connectivity index (χ0) is 11.5. The molecule has 5 nitrogen and oxygen atoms in total. The summed E-state index contributed by atoms with van der Waals surface area (Å²) in [6, 6.07) is 3.47. The summed E-state index contributed by atoms with van der Waals surface area (Å²) in [6.07, 6.45) is 0. The Morgan fingerprint density at radius 3 is 3.06 bits per heavy atom. The number of hydrogen-bond acceptors (Lipinski definition) is 6. The second-order valence-corrected chi connectivity index (χ2v) is 5.15. The first-order chi connectivity index (χ1) is 7.72. The van der Waals surface area contributed by atoms with E-state index in [1.807, 2.05) is 0 Å². The van der Waals surface area contributed by atoms with Crippen LogP contribution >= 0.6 is 11.8 Å². The van der Waals surface area contributed by atoms with E-state index in [4.69, 9.17) is 9.47 Å². The number of thioether (sulfide) groups is 1. The quantitative estimate of drug-likeness (QED) is 0.467. The Bertz CT molecular complexity index is 449. The minimum absolute atomic E-state index is 0.0256. The number of aliphatic imine (C=N–C) groups is 1. The SMILES string of the molecule is C=Nc1c(SCS(=O)[O-])ccc2c1OCO2. The van der Waals surface area contributed by atoms with E-state index in [0.29, 0.717) is 22.1 Å². The van der Waals surface area contributed by atoms with E-state index in [-0.39, 0.29) is 11.9 Å². The fraction of sp³-hybridized carbons (Fsp3) is 0.222. The summed E-state index contributed by atoms with van der Waals surface area (Å²) in [5.41, 5.74) is 0.533. The Morgan fingerprint density at radius 1 is 1.56 bits per heavy atom. The normalized spacial score (nSPS) is 14.8. The molecule has 1 aliphatic heterocycles. The summed E-state index contributed by atoms with van der Waals surface area (Å²) in [5.74, 6) is 1.13. The van der Waals surface area contributed by atoms with Crippen molar-refractivity contribution in [1.82, 2.24) is 0 Å². The molecule has 1 aromatic rings. The van der Waals surface area contributed by atoms with Gasteiger partial charge < -0.3 is 14.0 Å². The van der Waals surface area contributed by atoms with Crippen LogP contribution in [0.5, 0.6) is 11.5 Å². The van der Waals surface area contributed by atoms with Crippen LogP contribution in [0.25, 0.3) is 0 Å². The van der Waals surface area contributed by atoms with Crippen LogP contribution in [-0.4, -0.2) is 27.4 Å². The highest BCUT2D eigenvalue weighted by Crippen LogP contribution is 2.46. The highest BCUT2D eigenvalue weighted by molar-refractivity contribution is 8.09. The Kier molecular flexibility index (Phi) is 3.47. The first-order valence-corrected chi connectivity index (χ1v) is 6.53. The summed E-state index contributed by atoms with van der Waals surface area (Å²) >= 11 is -0.932.